The summed E-state index contributed by atoms with van der Waals surface area (Å²) in [5, 5.41) is 15.3. The van der Waals surface area contributed by atoms with Crippen molar-refractivity contribution in [1.82, 2.24) is 15.6 Å². The smallest absolute Gasteiger partial charge is 0.416 e. The van der Waals surface area contributed by atoms with E-state index >= 15 is 0 Å². The van der Waals surface area contributed by atoms with Gasteiger partial charge in [0.1, 0.15) is 23.1 Å². The number of anilines is 2. The van der Waals surface area contributed by atoms with Crippen LogP contribution in [0.2, 0.25) is 0 Å². The molecule has 2 aromatic carbocycles. The van der Waals surface area contributed by atoms with E-state index in [4.69, 9.17) is 16.3 Å². The number of methoxy groups -OCH3 is 1. The number of benzene rings is 2. The van der Waals surface area contributed by atoms with E-state index in [1.54, 1.807) is 12.1 Å². The highest BCUT2D eigenvalue weighted by atomic mass is 19.4. The van der Waals surface area contributed by atoms with Gasteiger partial charge in [0, 0.05) is 38.9 Å². The number of likely N-dealkylation sites (N-methyl/N-ethyl adjacent to an activating group) is 2. The largest absolute Gasteiger partial charge is 0.494 e. The highest BCUT2D eigenvalue weighted by molar-refractivity contribution is 6.02. The van der Waals surface area contributed by atoms with Gasteiger partial charge in [0.25, 0.3) is 0 Å². The molecule has 230 valence electrons. The number of hydrazine groups is 1. The summed E-state index contributed by atoms with van der Waals surface area (Å²) >= 11 is 0. The van der Waals surface area contributed by atoms with E-state index < -0.39 is 23.7 Å². The van der Waals surface area contributed by atoms with Crippen LogP contribution in [0.5, 0.6) is 5.75 Å². The summed E-state index contributed by atoms with van der Waals surface area (Å²) in [6.45, 7) is 4.61. The summed E-state index contributed by atoms with van der Waals surface area (Å²) in [5.74, 6) is 5.69. The lowest BCUT2D eigenvalue weighted by atomic mass is 10.0. The maximum atomic E-state index is 13.3. The zero-order valence-electron chi connectivity index (χ0n) is 24.1. The van der Waals surface area contributed by atoms with Crippen molar-refractivity contribution in [2.45, 2.75) is 18.6 Å². The molecule has 1 amide bonds. The first-order chi connectivity index (χ1) is 19.8. The fraction of sp³-hybridized carbons (Fsp3) is 0.357. The first-order valence-electron chi connectivity index (χ1n) is 12.9. The second-order valence-electron chi connectivity index (χ2n) is 9.53. The molecule has 0 aliphatic carbocycles. The molecule has 0 unspecified atom stereocenters. The second kappa shape index (κ2) is 15.7. The Morgan fingerprint density at radius 1 is 1.21 bits per heavy atom. The van der Waals surface area contributed by atoms with E-state index in [0.29, 0.717) is 23.7 Å². The number of rotatable bonds is 15. The van der Waals surface area contributed by atoms with E-state index in [-0.39, 0.29) is 35.9 Å². The van der Waals surface area contributed by atoms with Gasteiger partial charge in [0.05, 0.1) is 30.1 Å². The number of nitrogens with one attached hydrogen (secondary N) is 3. The molecular formula is C28H39F3N8O3. The van der Waals surface area contributed by atoms with E-state index in [0.717, 1.165) is 24.8 Å². The maximum absolute atomic E-state index is 13.3. The van der Waals surface area contributed by atoms with Crippen LogP contribution in [0.4, 0.5) is 30.2 Å². The standard InChI is InChI=1S/C28H39F3N8O3/c1-6-27(41)36-21-15-22(24(42-5)16-23(21)39(4)12-11-38(2)3)34-25(32)17-26(37-33)35-20(10-13-40)18-8-7-9-19(14-18)28(29,30)31/h6-9,14-17,20,35,37,40H,1,10-13,33H2,2-5H3,(H2,32,34)(H,36,41)/b26-17-/t20-/m1/s1. The molecule has 0 saturated carbocycles. The molecule has 0 saturated heterocycles. The number of amidine groups is 1. The van der Waals surface area contributed by atoms with Gasteiger partial charge in [-0.05, 0) is 50.4 Å². The minimum atomic E-state index is -4.53. The Morgan fingerprint density at radius 3 is 2.50 bits per heavy atom. The number of hydrogen-bond donors (Lipinski definition) is 6. The molecule has 2 rings (SSSR count). The molecule has 8 N–H and O–H groups in total. The maximum Gasteiger partial charge on any atom is 0.416 e. The predicted octanol–water partition coefficient (Wildman–Crippen LogP) is 2.84. The highest BCUT2D eigenvalue weighted by Gasteiger charge is 2.31. The van der Waals surface area contributed by atoms with E-state index in [2.05, 4.69) is 27.6 Å². The van der Waals surface area contributed by atoms with Gasteiger partial charge >= 0.3 is 6.18 Å². The number of alkyl halides is 3. The number of carbonyl (C=O) groups is 1. The minimum Gasteiger partial charge on any atom is -0.494 e. The third-order valence-electron chi connectivity index (χ3n) is 6.10. The molecule has 14 heteroatoms. The number of carbonyl (C=O) groups excluding carboxylic acids is 1. The zero-order chi connectivity index (χ0) is 31.4. The molecule has 0 bridgehead atoms. The van der Waals surface area contributed by atoms with Crippen molar-refractivity contribution in [2.75, 3.05) is 58.2 Å². The Bertz CT molecular complexity index is 1280. The summed E-state index contributed by atoms with van der Waals surface area (Å²) < 4.78 is 45.3. The van der Waals surface area contributed by atoms with Crippen molar-refractivity contribution in [3.63, 3.8) is 0 Å². The van der Waals surface area contributed by atoms with Crippen molar-refractivity contribution >= 4 is 28.8 Å². The minimum absolute atomic E-state index is 0.0461. The van der Waals surface area contributed by atoms with Crippen LogP contribution in [0.25, 0.3) is 0 Å². The average molecular weight is 593 g/mol. The Hall–Kier alpha value is -4.27. The molecule has 0 aromatic heterocycles. The number of ether oxygens (including phenoxy) is 1. The SMILES string of the molecule is C=CC(=O)Nc1cc(N=C(N)/C=C(\NN)N[C@H](CCO)c2cccc(C(F)(F)F)c2)c(OC)cc1N(C)CCN(C)C. The van der Waals surface area contributed by atoms with Crippen LogP contribution < -0.4 is 37.3 Å². The van der Waals surface area contributed by atoms with Gasteiger partial charge in [-0.2, -0.15) is 13.2 Å². The third kappa shape index (κ3) is 9.98. The van der Waals surface area contributed by atoms with Gasteiger partial charge in [-0.25, -0.2) is 10.8 Å². The summed E-state index contributed by atoms with van der Waals surface area (Å²) in [6, 6.07) is 7.34. The van der Waals surface area contributed by atoms with E-state index in [1.165, 1.54) is 25.3 Å². The van der Waals surface area contributed by atoms with Gasteiger partial charge < -0.3 is 41.4 Å². The lowest BCUT2D eigenvalue weighted by Crippen LogP contribution is -2.35. The fourth-order valence-corrected chi connectivity index (χ4v) is 3.89. The summed E-state index contributed by atoms with van der Waals surface area (Å²) in [7, 11) is 7.25. The van der Waals surface area contributed by atoms with Crippen LogP contribution in [0.1, 0.15) is 23.6 Å². The van der Waals surface area contributed by atoms with Gasteiger partial charge in [0.15, 0.2) is 0 Å². The number of nitrogens with two attached hydrogens (primary N) is 2. The van der Waals surface area contributed by atoms with Crippen LogP contribution >= 0.6 is 0 Å². The van der Waals surface area contributed by atoms with E-state index in [9.17, 15) is 23.1 Å². The van der Waals surface area contributed by atoms with Crippen molar-refractivity contribution in [1.29, 1.82) is 0 Å². The summed E-state index contributed by atoms with van der Waals surface area (Å²) in [6.07, 6.45) is -1.95. The number of aliphatic hydroxyl groups is 1. The van der Waals surface area contributed by atoms with Crippen molar-refractivity contribution in [3.8, 4) is 5.75 Å². The topological polar surface area (TPSA) is 154 Å². The molecule has 0 radical (unpaired) electrons. The number of amides is 1. The zero-order valence-corrected chi connectivity index (χ0v) is 24.1. The fourth-order valence-electron chi connectivity index (χ4n) is 3.89. The first kappa shape index (κ1) is 33.9. The molecule has 0 fully saturated rings. The van der Waals surface area contributed by atoms with Gasteiger partial charge in [-0.3, -0.25) is 4.79 Å². The molecule has 42 heavy (non-hydrogen) atoms. The monoisotopic (exact) mass is 592 g/mol. The predicted molar refractivity (Wildman–Crippen MR) is 159 cm³/mol. The molecule has 0 spiro atoms. The van der Waals surface area contributed by atoms with Gasteiger partial charge in [-0.1, -0.05) is 18.7 Å². The van der Waals surface area contributed by atoms with Gasteiger partial charge in [0.2, 0.25) is 5.91 Å². The van der Waals surface area contributed by atoms with Crippen molar-refractivity contribution in [3.05, 3.63) is 72.1 Å². The lowest BCUT2D eigenvalue weighted by Gasteiger charge is -2.25. The number of halogens is 3. The van der Waals surface area contributed by atoms with Crippen molar-refractivity contribution in [2.24, 2.45) is 16.6 Å². The van der Waals surface area contributed by atoms with Crippen LogP contribution in [-0.2, 0) is 11.0 Å². The lowest BCUT2D eigenvalue weighted by molar-refractivity contribution is -0.137. The molecule has 0 aliphatic heterocycles. The number of aliphatic imine (C=N–C) groups is 1. The molecule has 1 atom stereocenters. The quantitative estimate of drug-likeness (QED) is 0.0603. The number of hydrogen-bond acceptors (Lipinski definition) is 9. The number of aliphatic hydroxyl groups excluding tert-OH is 1. The van der Waals surface area contributed by atoms with Crippen LogP contribution in [0, 0.1) is 0 Å². The third-order valence-corrected chi connectivity index (χ3v) is 6.10. The summed E-state index contributed by atoms with van der Waals surface area (Å²) in [4.78, 5) is 20.6. The van der Waals surface area contributed by atoms with Crippen LogP contribution in [-0.4, -0.2) is 69.7 Å². The molecule has 2 aromatic rings. The Labute approximate surface area is 243 Å². The first-order valence-corrected chi connectivity index (χ1v) is 12.9. The molecule has 0 heterocycles. The molecule has 11 nitrogen and oxygen atoms in total. The van der Waals surface area contributed by atoms with Crippen molar-refractivity contribution < 1.29 is 27.8 Å². The van der Waals surface area contributed by atoms with E-state index in [1.807, 2.05) is 30.9 Å². The Morgan fingerprint density at radius 2 is 1.93 bits per heavy atom. The Kier molecular flexibility index (Phi) is 12.6. The van der Waals surface area contributed by atoms with Crippen LogP contribution in [0.3, 0.4) is 0 Å². The average Bonchev–Trinajstić information content (AvgIpc) is 2.94. The molecule has 0 aliphatic rings. The molecular weight excluding hydrogens is 553 g/mol. The Balaban J connectivity index is 2.47. The normalized spacial score (nSPS) is 13.0. The number of nitrogens with zero attached hydrogens (tertiary/aromatic N) is 3. The summed E-state index contributed by atoms with van der Waals surface area (Å²) in [5.41, 5.74) is 9.49. The van der Waals surface area contributed by atoms with Gasteiger partial charge in [-0.15, -0.1) is 0 Å². The van der Waals surface area contributed by atoms with Crippen LogP contribution in [0.15, 0.2) is 65.9 Å². The second-order valence-corrected chi connectivity index (χ2v) is 9.53. The highest BCUT2D eigenvalue weighted by Crippen LogP contribution is 2.38.